The van der Waals surface area contributed by atoms with Crippen molar-refractivity contribution >= 4 is 5.69 Å². The molecule has 0 aliphatic rings. The summed E-state index contributed by atoms with van der Waals surface area (Å²) in [7, 11) is 0. The van der Waals surface area contributed by atoms with Gasteiger partial charge in [-0.25, -0.2) is 8.78 Å². The average molecular weight is 300 g/mol. The summed E-state index contributed by atoms with van der Waals surface area (Å²) in [6.45, 7) is -1.50. The smallest absolute Gasteiger partial charge is 0.378 e. The van der Waals surface area contributed by atoms with Gasteiger partial charge < -0.3 is 5.32 Å². The topological polar surface area (TPSA) is 35.8 Å². The largest absolute Gasteiger partial charge is 0.416 e. The van der Waals surface area contributed by atoms with E-state index in [1.165, 1.54) is 6.07 Å². The molecule has 0 saturated carbocycles. The Morgan fingerprint density at radius 3 is 2.20 bits per heavy atom. The molecule has 0 atom stereocenters. The van der Waals surface area contributed by atoms with Crippen molar-refractivity contribution in [2.24, 2.45) is 0 Å². The van der Waals surface area contributed by atoms with E-state index in [1.54, 1.807) is 0 Å². The van der Waals surface area contributed by atoms with Crippen LogP contribution in [0.25, 0.3) is 0 Å². The Bertz CT molecular complexity index is 516. The molecule has 1 aromatic carbocycles. The van der Waals surface area contributed by atoms with Crippen LogP contribution in [-0.2, 0) is 6.18 Å². The molecule has 0 aliphatic heterocycles. The Morgan fingerprint density at radius 2 is 1.75 bits per heavy atom. The minimum Gasteiger partial charge on any atom is -0.378 e. The van der Waals surface area contributed by atoms with Gasteiger partial charge >= 0.3 is 18.5 Å². The van der Waals surface area contributed by atoms with E-state index in [4.69, 9.17) is 5.26 Å². The number of rotatable bonds is 4. The molecule has 110 valence electrons. The molecule has 20 heavy (non-hydrogen) atoms. The van der Waals surface area contributed by atoms with E-state index in [0.717, 1.165) is 6.07 Å². The highest BCUT2D eigenvalue weighted by molar-refractivity contribution is 5.59. The second kappa shape index (κ2) is 5.56. The summed E-state index contributed by atoms with van der Waals surface area (Å²) in [5.74, 6) is -4.35. The molecule has 0 radical (unpaired) electrons. The lowest BCUT2D eigenvalue weighted by Crippen LogP contribution is -2.35. The van der Waals surface area contributed by atoms with Gasteiger partial charge in [0.15, 0.2) is 0 Å². The van der Waals surface area contributed by atoms with Crippen LogP contribution < -0.4 is 5.32 Å². The van der Waals surface area contributed by atoms with E-state index < -0.39 is 36.2 Å². The zero-order valence-electron chi connectivity index (χ0n) is 9.61. The average Bonchev–Trinajstić information content (AvgIpc) is 2.34. The highest BCUT2D eigenvalue weighted by Crippen LogP contribution is 2.32. The van der Waals surface area contributed by atoms with Crippen molar-refractivity contribution in [2.75, 3.05) is 11.9 Å². The van der Waals surface area contributed by atoms with Gasteiger partial charge in [0.05, 0.1) is 23.4 Å². The zero-order chi connectivity index (χ0) is 15.6. The van der Waals surface area contributed by atoms with Crippen molar-refractivity contribution in [3.05, 3.63) is 29.3 Å². The molecule has 1 rings (SSSR count). The van der Waals surface area contributed by atoms with Crippen molar-refractivity contribution in [3.8, 4) is 6.07 Å². The molecule has 0 fully saturated rings. The number of anilines is 1. The van der Waals surface area contributed by atoms with Crippen LogP contribution in [0.5, 0.6) is 0 Å². The Kier molecular flexibility index (Phi) is 4.47. The molecule has 0 unspecified atom stereocenters. The number of halogens is 7. The van der Waals surface area contributed by atoms with Crippen LogP contribution in [0.3, 0.4) is 0 Å². The fourth-order valence-electron chi connectivity index (χ4n) is 1.26. The molecular formula is C11H7F7N2. The van der Waals surface area contributed by atoms with Crippen molar-refractivity contribution in [1.29, 1.82) is 5.26 Å². The van der Waals surface area contributed by atoms with Gasteiger partial charge in [-0.1, -0.05) is 0 Å². The van der Waals surface area contributed by atoms with Gasteiger partial charge in [-0.15, -0.1) is 0 Å². The van der Waals surface area contributed by atoms with E-state index >= 15 is 0 Å². The van der Waals surface area contributed by atoms with Crippen LogP contribution in [0, 0.1) is 11.3 Å². The summed E-state index contributed by atoms with van der Waals surface area (Å²) in [4.78, 5) is 0. The molecule has 0 amide bonds. The van der Waals surface area contributed by atoms with Crippen LogP contribution in [0.1, 0.15) is 11.1 Å². The van der Waals surface area contributed by atoms with Gasteiger partial charge in [0.2, 0.25) is 0 Å². The Labute approximate surface area is 108 Å². The first-order valence-electron chi connectivity index (χ1n) is 5.09. The van der Waals surface area contributed by atoms with Gasteiger partial charge in [-0.2, -0.15) is 27.2 Å². The Balaban J connectivity index is 2.96. The van der Waals surface area contributed by atoms with Crippen LogP contribution in [0.15, 0.2) is 18.2 Å². The summed E-state index contributed by atoms with van der Waals surface area (Å²) in [6, 6.07) is 3.12. The van der Waals surface area contributed by atoms with Crippen molar-refractivity contribution < 1.29 is 30.7 Å². The SMILES string of the molecule is N#Cc1cc(C(F)(F)F)ccc1NCC(F)(F)C(F)F. The number of hydrogen-bond acceptors (Lipinski definition) is 2. The van der Waals surface area contributed by atoms with E-state index in [0.29, 0.717) is 12.1 Å². The molecule has 1 N–H and O–H groups in total. The quantitative estimate of drug-likeness (QED) is 0.856. The number of nitrogens with zero attached hydrogens (tertiary/aromatic N) is 1. The molecule has 0 saturated heterocycles. The number of nitrogens with one attached hydrogen (secondary N) is 1. The first-order valence-corrected chi connectivity index (χ1v) is 5.09. The maximum absolute atomic E-state index is 12.7. The van der Waals surface area contributed by atoms with Crippen molar-refractivity contribution in [1.82, 2.24) is 0 Å². The normalized spacial score (nSPS) is 12.3. The third kappa shape index (κ3) is 3.76. The van der Waals surface area contributed by atoms with E-state index in [-0.39, 0.29) is 5.69 Å². The fraction of sp³-hybridized carbons (Fsp3) is 0.364. The molecule has 2 nitrogen and oxygen atoms in total. The molecule has 0 bridgehead atoms. The highest BCUT2D eigenvalue weighted by atomic mass is 19.4. The second-order valence-corrected chi connectivity index (χ2v) is 3.79. The summed E-state index contributed by atoms with van der Waals surface area (Å²) >= 11 is 0. The fourth-order valence-corrected chi connectivity index (χ4v) is 1.26. The van der Waals surface area contributed by atoms with Gasteiger partial charge in [0.1, 0.15) is 6.07 Å². The lowest BCUT2D eigenvalue weighted by atomic mass is 10.1. The monoisotopic (exact) mass is 300 g/mol. The predicted molar refractivity (Wildman–Crippen MR) is 55.6 cm³/mol. The maximum atomic E-state index is 12.7. The number of hydrogen-bond donors (Lipinski definition) is 1. The van der Waals surface area contributed by atoms with Gasteiger partial charge in [-0.3, -0.25) is 0 Å². The molecule has 1 aromatic rings. The standard InChI is InChI=1S/C11H7F7N2/c12-9(13)10(14,15)5-20-8-2-1-7(11(16,17)18)3-6(8)4-19/h1-3,9,20H,5H2. The van der Waals surface area contributed by atoms with E-state index in [9.17, 15) is 30.7 Å². The summed E-state index contributed by atoms with van der Waals surface area (Å²) < 4.78 is 86.3. The van der Waals surface area contributed by atoms with E-state index in [1.807, 2.05) is 5.32 Å². The third-order valence-corrected chi connectivity index (χ3v) is 2.30. The van der Waals surface area contributed by atoms with Crippen LogP contribution in [0.4, 0.5) is 36.4 Å². The van der Waals surface area contributed by atoms with Crippen LogP contribution in [-0.4, -0.2) is 18.9 Å². The van der Waals surface area contributed by atoms with Gasteiger partial charge in [-0.05, 0) is 18.2 Å². The number of benzene rings is 1. The molecule has 0 spiro atoms. The molecule has 0 aromatic heterocycles. The number of nitriles is 1. The lowest BCUT2D eigenvalue weighted by molar-refractivity contribution is -0.137. The van der Waals surface area contributed by atoms with Gasteiger partial charge in [0, 0.05) is 0 Å². The van der Waals surface area contributed by atoms with E-state index in [2.05, 4.69) is 0 Å². The third-order valence-electron chi connectivity index (χ3n) is 2.30. The molecule has 9 heteroatoms. The van der Waals surface area contributed by atoms with Crippen molar-refractivity contribution in [3.63, 3.8) is 0 Å². The Hall–Kier alpha value is -1.98. The molecular weight excluding hydrogens is 293 g/mol. The van der Waals surface area contributed by atoms with Crippen LogP contribution in [0.2, 0.25) is 0 Å². The Morgan fingerprint density at radius 1 is 1.15 bits per heavy atom. The number of alkyl halides is 7. The van der Waals surface area contributed by atoms with Crippen LogP contribution >= 0.6 is 0 Å². The second-order valence-electron chi connectivity index (χ2n) is 3.79. The minimum atomic E-state index is -4.70. The molecule has 0 heterocycles. The van der Waals surface area contributed by atoms with Crippen molar-refractivity contribution in [2.45, 2.75) is 18.5 Å². The zero-order valence-corrected chi connectivity index (χ0v) is 9.61. The first-order chi connectivity index (χ1) is 9.08. The van der Waals surface area contributed by atoms with Gasteiger partial charge in [0.25, 0.3) is 0 Å². The summed E-state index contributed by atoms with van der Waals surface area (Å²) in [5, 5.41) is 10.5. The lowest BCUT2D eigenvalue weighted by Gasteiger charge is -2.17. The maximum Gasteiger partial charge on any atom is 0.416 e. The first kappa shape index (κ1) is 16.1. The molecule has 0 aliphatic carbocycles. The summed E-state index contributed by atoms with van der Waals surface area (Å²) in [5.41, 5.74) is -2.08. The predicted octanol–water partition coefficient (Wildman–Crippen LogP) is 3.89. The highest BCUT2D eigenvalue weighted by Gasteiger charge is 2.40. The summed E-state index contributed by atoms with van der Waals surface area (Å²) in [6.07, 6.45) is -8.62. The minimum absolute atomic E-state index is 0.374.